The predicted octanol–water partition coefficient (Wildman–Crippen LogP) is 2.75. The maximum absolute atomic E-state index is 10.1. The van der Waals surface area contributed by atoms with Crippen LogP contribution in [0.3, 0.4) is 0 Å². The molecule has 0 bridgehead atoms. The summed E-state index contributed by atoms with van der Waals surface area (Å²) in [5, 5.41) is 19.5. The summed E-state index contributed by atoms with van der Waals surface area (Å²) >= 11 is 0. The van der Waals surface area contributed by atoms with E-state index < -0.39 is 0 Å². The molecule has 1 aromatic carbocycles. The molecule has 4 nitrogen and oxygen atoms in total. The molecular weight excluding hydrogens is 252 g/mol. The highest BCUT2D eigenvalue weighted by Crippen LogP contribution is 2.34. The highest BCUT2D eigenvalue weighted by atomic mass is 16.3. The van der Waals surface area contributed by atoms with E-state index >= 15 is 0 Å². The van der Waals surface area contributed by atoms with Gasteiger partial charge in [-0.05, 0) is 25.5 Å². The van der Waals surface area contributed by atoms with Gasteiger partial charge in [0.05, 0.1) is 6.04 Å². The first-order chi connectivity index (χ1) is 9.67. The van der Waals surface area contributed by atoms with Crippen LogP contribution in [0.4, 0.5) is 0 Å². The van der Waals surface area contributed by atoms with Crippen LogP contribution in [0.1, 0.15) is 50.6 Å². The quantitative estimate of drug-likeness (QED) is 0.774. The van der Waals surface area contributed by atoms with E-state index in [1.165, 1.54) is 38.2 Å². The molecular formula is C16H26N2O2. The SMILES string of the molecule is CCN(C1CCCCC1)C(CN)c1ccc(O)cc1O. The second-order valence-corrected chi connectivity index (χ2v) is 5.62. The third kappa shape index (κ3) is 3.25. The fourth-order valence-electron chi connectivity index (χ4n) is 3.40. The molecule has 0 radical (unpaired) electrons. The standard InChI is InChI=1S/C16H26N2O2/c1-2-18(12-6-4-3-5-7-12)15(11-17)14-9-8-13(19)10-16(14)20/h8-10,12,15,19-20H,2-7,11,17H2,1H3. The number of benzene rings is 1. The molecule has 20 heavy (non-hydrogen) atoms. The first-order valence-corrected chi connectivity index (χ1v) is 7.65. The first kappa shape index (κ1) is 15.1. The Morgan fingerprint density at radius 3 is 2.50 bits per heavy atom. The molecule has 4 heteroatoms. The van der Waals surface area contributed by atoms with Gasteiger partial charge in [-0.3, -0.25) is 4.90 Å². The Balaban J connectivity index is 2.23. The van der Waals surface area contributed by atoms with Crippen LogP contribution in [0.2, 0.25) is 0 Å². The van der Waals surface area contributed by atoms with Gasteiger partial charge in [0.25, 0.3) is 0 Å². The van der Waals surface area contributed by atoms with Crippen LogP contribution in [-0.4, -0.2) is 34.2 Å². The van der Waals surface area contributed by atoms with Crippen molar-refractivity contribution < 1.29 is 10.2 Å². The van der Waals surface area contributed by atoms with Gasteiger partial charge >= 0.3 is 0 Å². The number of likely N-dealkylation sites (N-methyl/N-ethyl adjacent to an activating group) is 1. The van der Waals surface area contributed by atoms with E-state index in [0.29, 0.717) is 12.6 Å². The molecule has 1 saturated carbocycles. The minimum Gasteiger partial charge on any atom is -0.508 e. The number of aromatic hydroxyl groups is 2. The van der Waals surface area contributed by atoms with Crippen LogP contribution in [0.5, 0.6) is 11.5 Å². The Hall–Kier alpha value is -1.26. The molecule has 0 aromatic heterocycles. The highest BCUT2D eigenvalue weighted by molar-refractivity contribution is 5.41. The monoisotopic (exact) mass is 278 g/mol. The van der Waals surface area contributed by atoms with Gasteiger partial charge in [0, 0.05) is 24.2 Å². The van der Waals surface area contributed by atoms with Crippen molar-refractivity contribution in [2.24, 2.45) is 5.73 Å². The van der Waals surface area contributed by atoms with Crippen LogP contribution >= 0.6 is 0 Å². The fourth-order valence-corrected chi connectivity index (χ4v) is 3.40. The Morgan fingerprint density at radius 1 is 1.25 bits per heavy atom. The van der Waals surface area contributed by atoms with E-state index in [1.54, 1.807) is 12.1 Å². The normalized spacial score (nSPS) is 18.4. The molecule has 1 fully saturated rings. The number of phenols is 2. The van der Waals surface area contributed by atoms with E-state index in [-0.39, 0.29) is 17.5 Å². The number of nitrogens with two attached hydrogens (primary N) is 1. The van der Waals surface area contributed by atoms with E-state index in [0.717, 1.165) is 12.1 Å². The molecule has 1 atom stereocenters. The topological polar surface area (TPSA) is 69.7 Å². The van der Waals surface area contributed by atoms with Gasteiger partial charge in [-0.1, -0.05) is 32.3 Å². The van der Waals surface area contributed by atoms with E-state index in [9.17, 15) is 10.2 Å². The van der Waals surface area contributed by atoms with Crippen molar-refractivity contribution >= 4 is 0 Å². The molecule has 2 rings (SSSR count). The van der Waals surface area contributed by atoms with Crippen LogP contribution in [0, 0.1) is 0 Å². The molecule has 4 N–H and O–H groups in total. The van der Waals surface area contributed by atoms with Crippen molar-refractivity contribution in [2.45, 2.75) is 51.1 Å². The van der Waals surface area contributed by atoms with Crippen molar-refractivity contribution in [1.29, 1.82) is 0 Å². The van der Waals surface area contributed by atoms with Crippen LogP contribution in [0.15, 0.2) is 18.2 Å². The van der Waals surface area contributed by atoms with Crippen LogP contribution in [-0.2, 0) is 0 Å². The van der Waals surface area contributed by atoms with Crippen molar-refractivity contribution in [3.8, 4) is 11.5 Å². The molecule has 0 saturated heterocycles. The lowest BCUT2D eigenvalue weighted by Crippen LogP contribution is -2.42. The molecule has 1 aliphatic carbocycles. The molecule has 1 aliphatic rings. The Labute approximate surface area is 121 Å². The maximum atomic E-state index is 10.1. The Morgan fingerprint density at radius 2 is 1.95 bits per heavy atom. The fraction of sp³-hybridized carbons (Fsp3) is 0.625. The van der Waals surface area contributed by atoms with Gasteiger partial charge in [0.1, 0.15) is 11.5 Å². The summed E-state index contributed by atoms with van der Waals surface area (Å²) in [6.45, 7) is 3.55. The summed E-state index contributed by atoms with van der Waals surface area (Å²) in [6, 6.07) is 5.37. The lowest BCUT2D eigenvalue weighted by atomic mass is 9.91. The molecule has 0 aliphatic heterocycles. The largest absolute Gasteiger partial charge is 0.508 e. The lowest BCUT2D eigenvalue weighted by Gasteiger charge is -2.39. The number of rotatable bonds is 5. The van der Waals surface area contributed by atoms with Gasteiger partial charge < -0.3 is 15.9 Å². The predicted molar refractivity (Wildman–Crippen MR) is 80.8 cm³/mol. The molecule has 0 amide bonds. The van der Waals surface area contributed by atoms with Crippen molar-refractivity contribution in [1.82, 2.24) is 4.90 Å². The van der Waals surface area contributed by atoms with Gasteiger partial charge in [-0.15, -0.1) is 0 Å². The second-order valence-electron chi connectivity index (χ2n) is 5.62. The smallest absolute Gasteiger partial charge is 0.124 e. The van der Waals surface area contributed by atoms with E-state index in [1.807, 2.05) is 0 Å². The average molecular weight is 278 g/mol. The van der Waals surface area contributed by atoms with Gasteiger partial charge in [0.2, 0.25) is 0 Å². The summed E-state index contributed by atoms with van der Waals surface area (Å²) in [4.78, 5) is 2.41. The minimum atomic E-state index is 0.0173. The summed E-state index contributed by atoms with van der Waals surface area (Å²) in [5.74, 6) is 0.220. The molecule has 1 unspecified atom stereocenters. The summed E-state index contributed by atoms with van der Waals surface area (Å²) < 4.78 is 0. The minimum absolute atomic E-state index is 0.0173. The second kappa shape index (κ2) is 6.95. The molecule has 1 aromatic rings. The van der Waals surface area contributed by atoms with E-state index in [2.05, 4.69) is 11.8 Å². The lowest BCUT2D eigenvalue weighted by molar-refractivity contribution is 0.112. The third-order valence-corrected chi connectivity index (χ3v) is 4.41. The number of nitrogens with zero attached hydrogens (tertiary/aromatic N) is 1. The Kier molecular flexibility index (Phi) is 5.26. The van der Waals surface area contributed by atoms with Crippen LogP contribution in [0.25, 0.3) is 0 Å². The first-order valence-electron chi connectivity index (χ1n) is 7.65. The molecule has 0 spiro atoms. The Bertz CT molecular complexity index is 430. The molecule has 112 valence electrons. The van der Waals surface area contributed by atoms with Crippen molar-refractivity contribution in [2.75, 3.05) is 13.1 Å². The zero-order valence-corrected chi connectivity index (χ0v) is 12.3. The van der Waals surface area contributed by atoms with Crippen LogP contribution < -0.4 is 5.73 Å². The van der Waals surface area contributed by atoms with Crippen molar-refractivity contribution in [3.05, 3.63) is 23.8 Å². The van der Waals surface area contributed by atoms with Crippen molar-refractivity contribution in [3.63, 3.8) is 0 Å². The van der Waals surface area contributed by atoms with Gasteiger partial charge in [-0.2, -0.15) is 0 Å². The van der Waals surface area contributed by atoms with Gasteiger partial charge in [-0.25, -0.2) is 0 Å². The van der Waals surface area contributed by atoms with E-state index in [4.69, 9.17) is 5.73 Å². The zero-order chi connectivity index (χ0) is 14.5. The zero-order valence-electron chi connectivity index (χ0n) is 12.3. The third-order valence-electron chi connectivity index (χ3n) is 4.41. The summed E-state index contributed by atoms with van der Waals surface area (Å²) in [5.41, 5.74) is 6.80. The number of phenolic OH excluding ortho intramolecular Hbond substituents is 2. The number of hydrogen-bond donors (Lipinski definition) is 3. The molecule has 0 heterocycles. The summed E-state index contributed by atoms with van der Waals surface area (Å²) in [7, 11) is 0. The maximum Gasteiger partial charge on any atom is 0.124 e. The average Bonchev–Trinajstić information content (AvgIpc) is 2.46. The number of hydrogen-bond acceptors (Lipinski definition) is 4. The highest BCUT2D eigenvalue weighted by Gasteiger charge is 2.28. The van der Waals surface area contributed by atoms with Gasteiger partial charge in [0.15, 0.2) is 0 Å². The summed E-state index contributed by atoms with van der Waals surface area (Å²) in [6.07, 6.45) is 6.30.